The molecule has 2 aromatic carbocycles. The van der Waals surface area contributed by atoms with E-state index in [2.05, 4.69) is 4.98 Å². The molecule has 2 heterocycles. The molecule has 1 aromatic heterocycles. The molecule has 1 atom stereocenters. The number of carbonyl (C=O) groups excluding carboxylic acids is 2. The molecule has 0 radical (unpaired) electrons. The van der Waals surface area contributed by atoms with Gasteiger partial charge in [-0.2, -0.15) is 0 Å². The van der Waals surface area contributed by atoms with Crippen LogP contribution in [0.5, 0.6) is 0 Å². The fourth-order valence-corrected chi connectivity index (χ4v) is 4.37. The lowest BCUT2D eigenvalue weighted by Gasteiger charge is -2.22. The molecule has 156 valence electrons. The predicted molar refractivity (Wildman–Crippen MR) is 116 cm³/mol. The van der Waals surface area contributed by atoms with Gasteiger partial charge in [-0.25, -0.2) is 4.98 Å². The standard InChI is InChI=1S/C22H17N3O5S/c1-12-13(2)31-22(23-12)24-18(14-8-10-16(11-9-14)25(29)30)17(20(27)21(24)28)19(26)15-6-4-3-5-7-15/h3-11,18,26H,1-2H3/t18-/m1/s1. The zero-order valence-corrected chi connectivity index (χ0v) is 17.4. The summed E-state index contributed by atoms with van der Waals surface area (Å²) in [7, 11) is 0. The van der Waals surface area contributed by atoms with Gasteiger partial charge < -0.3 is 5.11 Å². The Hall–Kier alpha value is -3.85. The number of rotatable bonds is 4. The Bertz CT molecular complexity index is 1210. The summed E-state index contributed by atoms with van der Waals surface area (Å²) in [5.74, 6) is -1.96. The lowest BCUT2D eigenvalue weighted by atomic mass is 9.95. The van der Waals surface area contributed by atoms with E-state index in [4.69, 9.17) is 0 Å². The van der Waals surface area contributed by atoms with Crippen LogP contribution in [-0.4, -0.2) is 26.7 Å². The van der Waals surface area contributed by atoms with Crippen molar-refractivity contribution < 1.29 is 19.6 Å². The van der Waals surface area contributed by atoms with Crippen molar-refractivity contribution >= 4 is 39.6 Å². The number of Topliss-reactive ketones (excluding diaryl/α,β-unsaturated/α-hetero) is 1. The Labute approximate surface area is 181 Å². The van der Waals surface area contributed by atoms with Crippen LogP contribution in [0.4, 0.5) is 10.8 Å². The van der Waals surface area contributed by atoms with Gasteiger partial charge in [0, 0.05) is 22.6 Å². The van der Waals surface area contributed by atoms with Gasteiger partial charge in [0.2, 0.25) is 0 Å². The van der Waals surface area contributed by atoms with Gasteiger partial charge in [-0.3, -0.25) is 24.6 Å². The molecule has 0 saturated carbocycles. The van der Waals surface area contributed by atoms with E-state index in [9.17, 15) is 24.8 Å². The Balaban J connectivity index is 1.94. The topological polar surface area (TPSA) is 114 Å². The maximum absolute atomic E-state index is 13.0. The van der Waals surface area contributed by atoms with Crippen molar-refractivity contribution in [3.8, 4) is 0 Å². The number of anilines is 1. The Morgan fingerprint density at radius 2 is 1.74 bits per heavy atom. The van der Waals surface area contributed by atoms with Gasteiger partial charge in [-0.05, 0) is 31.5 Å². The Morgan fingerprint density at radius 1 is 1.10 bits per heavy atom. The van der Waals surface area contributed by atoms with E-state index in [1.165, 1.54) is 40.5 Å². The molecule has 8 nitrogen and oxygen atoms in total. The minimum atomic E-state index is -0.967. The summed E-state index contributed by atoms with van der Waals surface area (Å²) in [6.07, 6.45) is 0. The number of nitro groups is 1. The molecular weight excluding hydrogens is 418 g/mol. The summed E-state index contributed by atoms with van der Waals surface area (Å²) < 4.78 is 0. The average Bonchev–Trinajstić information content (AvgIpc) is 3.23. The number of thiazole rings is 1. The number of nitro benzene ring substituents is 1. The first-order valence-corrected chi connectivity index (χ1v) is 10.2. The number of hydrogen-bond donors (Lipinski definition) is 1. The van der Waals surface area contributed by atoms with Crippen LogP contribution in [0.15, 0.2) is 60.2 Å². The van der Waals surface area contributed by atoms with Gasteiger partial charge in [0.15, 0.2) is 5.13 Å². The first-order valence-electron chi connectivity index (χ1n) is 9.34. The van der Waals surface area contributed by atoms with Crippen molar-refractivity contribution in [2.24, 2.45) is 0 Å². The Morgan fingerprint density at radius 3 is 2.29 bits per heavy atom. The molecule has 0 spiro atoms. The van der Waals surface area contributed by atoms with Crippen molar-refractivity contribution in [3.63, 3.8) is 0 Å². The van der Waals surface area contributed by atoms with Gasteiger partial charge in [-0.15, -0.1) is 11.3 Å². The molecule has 3 aromatic rings. The van der Waals surface area contributed by atoms with Crippen LogP contribution < -0.4 is 4.90 Å². The molecule has 4 rings (SSSR count). The van der Waals surface area contributed by atoms with Crippen LogP contribution in [-0.2, 0) is 9.59 Å². The molecule has 0 aliphatic carbocycles. The highest BCUT2D eigenvalue weighted by atomic mass is 32.1. The van der Waals surface area contributed by atoms with E-state index in [0.717, 1.165) is 10.6 Å². The molecule has 1 fully saturated rings. The number of benzene rings is 2. The SMILES string of the molecule is Cc1nc(N2C(=O)C(=O)C(=C(O)c3ccccc3)[C@H]2c2ccc([N+](=O)[O-])cc2)sc1C. The zero-order chi connectivity index (χ0) is 22.3. The second-order valence-corrected chi connectivity index (χ2v) is 8.20. The van der Waals surface area contributed by atoms with Crippen molar-refractivity contribution in [2.45, 2.75) is 19.9 Å². The number of aliphatic hydroxyl groups excluding tert-OH is 1. The molecule has 1 saturated heterocycles. The van der Waals surface area contributed by atoms with Crippen molar-refractivity contribution in [3.05, 3.63) is 92.0 Å². The quantitative estimate of drug-likeness (QED) is 0.215. The number of hydrogen-bond acceptors (Lipinski definition) is 7. The highest BCUT2D eigenvalue weighted by Crippen LogP contribution is 2.43. The van der Waals surface area contributed by atoms with E-state index in [-0.39, 0.29) is 17.0 Å². The van der Waals surface area contributed by atoms with Crippen LogP contribution in [0.2, 0.25) is 0 Å². The van der Waals surface area contributed by atoms with E-state index < -0.39 is 22.7 Å². The number of ketones is 1. The number of amides is 1. The highest BCUT2D eigenvalue weighted by molar-refractivity contribution is 7.16. The maximum atomic E-state index is 13.0. The molecule has 31 heavy (non-hydrogen) atoms. The zero-order valence-electron chi connectivity index (χ0n) is 16.6. The third-order valence-electron chi connectivity index (χ3n) is 5.13. The molecule has 1 aliphatic heterocycles. The fraction of sp³-hybridized carbons (Fsp3) is 0.136. The minimum absolute atomic E-state index is 0.0874. The largest absolute Gasteiger partial charge is 0.507 e. The summed E-state index contributed by atoms with van der Waals surface area (Å²) in [6, 6.07) is 13.0. The smallest absolute Gasteiger partial charge is 0.301 e. The van der Waals surface area contributed by atoms with Crippen LogP contribution in [0.25, 0.3) is 5.76 Å². The van der Waals surface area contributed by atoms with E-state index >= 15 is 0 Å². The molecule has 1 N–H and O–H groups in total. The van der Waals surface area contributed by atoms with Gasteiger partial charge in [0.05, 0.1) is 22.2 Å². The maximum Gasteiger partial charge on any atom is 0.301 e. The van der Waals surface area contributed by atoms with Gasteiger partial charge in [0.1, 0.15) is 5.76 Å². The molecular formula is C22H17N3O5S. The monoisotopic (exact) mass is 435 g/mol. The van der Waals surface area contributed by atoms with Gasteiger partial charge in [-0.1, -0.05) is 30.3 Å². The fourth-order valence-electron chi connectivity index (χ4n) is 3.43. The summed E-state index contributed by atoms with van der Waals surface area (Å²) in [5.41, 5.74) is 1.36. The second kappa shape index (κ2) is 7.77. The minimum Gasteiger partial charge on any atom is -0.507 e. The molecule has 9 heteroatoms. The second-order valence-electron chi connectivity index (χ2n) is 7.02. The number of aryl methyl sites for hydroxylation is 2. The number of carbonyl (C=O) groups is 2. The first kappa shape index (κ1) is 20.4. The first-order chi connectivity index (χ1) is 14.8. The van der Waals surface area contributed by atoms with Gasteiger partial charge >= 0.3 is 5.91 Å². The van der Waals surface area contributed by atoms with Crippen LogP contribution in [0, 0.1) is 24.0 Å². The average molecular weight is 435 g/mol. The highest BCUT2D eigenvalue weighted by Gasteiger charge is 2.48. The third kappa shape index (κ3) is 3.49. The molecule has 0 unspecified atom stereocenters. The van der Waals surface area contributed by atoms with Crippen molar-refractivity contribution in [2.75, 3.05) is 4.90 Å². The number of aromatic nitrogens is 1. The van der Waals surface area contributed by atoms with Crippen molar-refractivity contribution in [1.29, 1.82) is 0 Å². The lowest BCUT2D eigenvalue weighted by Crippen LogP contribution is -2.29. The third-order valence-corrected chi connectivity index (χ3v) is 6.21. The molecule has 1 amide bonds. The normalized spacial score (nSPS) is 17.9. The summed E-state index contributed by atoms with van der Waals surface area (Å²) in [5, 5.41) is 22.3. The summed E-state index contributed by atoms with van der Waals surface area (Å²) in [4.78, 5) is 43.1. The van der Waals surface area contributed by atoms with E-state index in [1.807, 2.05) is 6.92 Å². The molecule has 1 aliphatic rings. The number of nitrogens with zero attached hydrogens (tertiary/aromatic N) is 3. The van der Waals surface area contributed by atoms with Gasteiger partial charge in [0.25, 0.3) is 11.5 Å². The predicted octanol–water partition coefficient (Wildman–Crippen LogP) is 4.29. The number of aliphatic hydroxyl groups is 1. The van der Waals surface area contributed by atoms with Crippen LogP contribution in [0.1, 0.15) is 27.7 Å². The van der Waals surface area contributed by atoms with Crippen LogP contribution >= 0.6 is 11.3 Å². The Kier molecular flexibility index (Phi) is 5.12. The number of non-ortho nitro benzene ring substituents is 1. The van der Waals surface area contributed by atoms with Crippen LogP contribution in [0.3, 0.4) is 0 Å². The summed E-state index contributed by atoms with van der Waals surface area (Å²) >= 11 is 1.26. The van der Waals surface area contributed by atoms with Crippen molar-refractivity contribution in [1.82, 2.24) is 4.98 Å². The van der Waals surface area contributed by atoms with E-state index in [0.29, 0.717) is 16.3 Å². The summed E-state index contributed by atoms with van der Waals surface area (Å²) in [6.45, 7) is 3.66. The lowest BCUT2D eigenvalue weighted by molar-refractivity contribution is -0.384. The van der Waals surface area contributed by atoms with E-state index in [1.54, 1.807) is 37.3 Å². The molecule has 0 bridgehead atoms.